The molecule has 0 saturated carbocycles. The molecule has 0 spiro atoms. The Bertz CT molecular complexity index is 441. The highest BCUT2D eigenvalue weighted by Gasteiger charge is 2.29. The molecule has 1 aliphatic rings. The van der Waals surface area contributed by atoms with Crippen LogP contribution < -0.4 is 5.32 Å². The Hall–Kier alpha value is -1.07. The fourth-order valence-electron chi connectivity index (χ4n) is 1.74. The second-order valence-corrected chi connectivity index (χ2v) is 4.91. The quantitative estimate of drug-likeness (QED) is 0.692. The second kappa shape index (κ2) is 3.25. The highest BCUT2D eigenvalue weighted by atomic mass is 32.2. The molecule has 2 N–H and O–H groups in total. The van der Waals surface area contributed by atoms with E-state index < -0.39 is 15.4 Å². The van der Waals surface area contributed by atoms with Crippen molar-refractivity contribution in [3.63, 3.8) is 0 Å². The van der Waals surface area contributed by atoms with Gasteiger partial charge in [-0.1, -0.05) is 18.2 Å². The number of para-hydroxylation sites is 1. The molecule has 0 radical (unpaired) electrons. The maximum absolute atomic E-state index is 11.1. The highest BCUT2D eigenvalue weighted by Crippen LogP contribution is 2.34. The first kappa shape index (κ1) is 9.48. The van der Waals surface area contributed by atoms with E-state index >= 15 is 0 Å². The van der Waals surface area contributed by atoms with Crippen LogP contribution in [0.4, 0.5) is 5.69 Å². The molecular weight excluding hydrogens is 202 g/mol. The minimum atomic E-state index is -3.98. The Morgan fingerprint density at radius 3 is 2.79 bits per heavy atom. The van der Waals surface area contributed by atoms with Crippen LogP contribution in [0, 0.1) is 0 Å². The molecule has 2 rings (SSSR count). The lowest BCUT2D eigenvalue weighted by Crippen LogP contribution is -2.22. The maximum Gasteiger partial charge on any atom is 0.272 e. The van der Waals surface area contributed by atoms with Gasteiger partial charge in [0.05, 0.1) is 0 Å². The summed E-state index contributed by atoms with van der Waals surface area (Å²) in [6, 6.07) is 7.13. The molecule has 14 heavy (non-hydrogen) atoms. The molecule has 0 aromatic heterocycles. The van der Waals surface area contributed by atoms with Crippen LogP contribution >= 0.6 is 0 Å². The van der Waals surface area contributed by atoms with Gasteiger partial charge in [0.1, 0.15) is 5.25 Å². The molecule has 0 saturated heterocycles. The fourth-order valence-corrected chi connectivity index (χ4v) is 2.68. The molecule has 0 aliphatic carbocycles. The van der Waals surface area contributed by atoms with Gasteiger partial charge in [0, 0.05) is 12.2 Å². The number of nitrogens with one attached hydrogen (secondary N) is 1. The van der Waals surface area contributed by atoms with E-state index in [1.165, 1.54) is 0 Å². The minimum Gasteiger partial charge on any atom is -0.385 e. The summed E-state index contributed by atoms with van der Waals surface area (Å²) >= 11 is 0. The van der Waals surface area contributed by atoms with Crippen molar-refractivity contribution in [2.24, 2.45) is 0 Å². The molecule has 0 fully saturated rings. The molecule has 5 heteroatoms. The number of fused-ring (bicyclic) bond motifs is 1. The van der Waals surface area contributed by atoms with Crippen molar-refractivity contribution in [1.29, 1.82) is 0 Å². The summed E-state index contributed by atoms with van der Waals surface area (Å²) in [6.45, 7) is 0.571. The lowest BCUT2D eigenvalue weighted by Gasteiger charge is -2.24. The molecule has 0 bridgehead atoms. The van der Waals surface area contributed by atoms with E-state index in [2.05, 4.69) is 5.32 Å². The largest absolute Gasteiger partial charge is 0.385 e. The maximum atomic E-state index is 11.1. The Morgan fingerprint density at radius 1 is 1.36 bits per heavy atom. The van der Waals surface area contributed by atoms with E-state index in [1.54, 1.807) is 12.1 Å². The zero-order chi connectivity index (χ0) is 10.2. The van der Waals surface area contributed by atoms with Gasteiger partial charge in [-0.25, -0.2) is 0 Å². The Kier molecular flexibility index (Phi) is 2.20. The van der Waals surface area contributed by atoms with Crippen molar-refractivity contribution >= 4 is 15.8 Å². The van der Waals surface area contributed by atoms with Gasteiger partial charge in [0.15, 0.2) is 0 Å². The van der Waals surface area contributed by atoms with Gasteiger partial charge < -0.3 is 5.32 Å². The van der Waals surface area contributed by atoms with E-state index in [0.717, 1.165) is 5.69 Å². The lowest BCUT2D eigenvalue weighted by molar-refractivity contribution is 0.464. The number of anilines is 1. The molecule has 1 aromatic rings. The van der Waals surface area contributed by atoms with Crippen LogP contribution in [0.25, 0.3) is 0 Å². The van der Waals surface area contributed by atoms with Gasteiger partial charge in [0.2, 0.25) is 0 Å². The van der Waals surface area contributed by atoms with Gasteiger partial charge in [-0.2, -0.15) is 8.42 Å². The molecule has 1 aliphatic heterocycles. The molecule has 4 nitrogen and oxygen atoms in total. The summed E-state index contributed by atoms with van der Waals surface area (Å²) in [4.78, 5) is 0. The van der Waals surface area contributed by atoms with Crippen molar-refractivity contribution in [2.75, 3.05) is 11.9 Å². The first-order chi connectivity index (χ1) is 6.59. The average Bonchev–Trinajstić information content (AvgIpc) is 2.15. The van der Waals surface area contributed by atoms with Crippen LogP contribution in [0.2, 0.25) is 0 Å². The van der Waals surface area contributed by atoms with Gasteiger partial charge >= 0.3 is 0 Å². The summed E-state index contributed by atoms with van der Waals surface area (Å²) < 4.78 is 31.2. The molecule has 0 amide bonds. The van der Waals surface area contributed by atoms with Crippen molar-refractivity contribution in [1.82, 2.24) is 0 Å². The second-order valence-electron chi connectivity index (χ2n) is 3.31. The van der Waals surface area contributed by atoms with Crippen LogP contribution in [0.3, 0.4) is 0 Å². The summed E-state index contributed by atoms with van der Waals surface area (Å²) in [6.07, 6.45) is 0.413. The fraction of sp³-hybridized carbons (Fsp3) is 0.333. The molecule has 1 unspecified atom stereocenters. The highest BCUT2D eigenvalue weighted by molar-refractivity contribution is 7.86. The summed E-state index contributed by atoms with van der Waals surface area (Å²) in [5.41, 5.74) is 1.45. The molecule has 76 valence electrons. The van der Waals surface area contributed by atoms with Crippen molar-refractivity contribution in [3.05, 3.63) is 29.8 Å². The lowest BCUT2D eigenvalue weighted by atomic mass is 10.0. The number of hydrogen-bond donors (Lipinski definition) is 2. The topological polar surface area (TPSA) is 66.4 Å². The van der Waals surface area contributed by atoms with E-state index in [-0.39, 0.29) is 0 Å². The normalized spacial score (nSPS) is 21.1. The molecule has 1 heterocycles. The predicted octanol–water partition coefficient (Wildman–Crippen LogP) is 1.43. The SMILES string of the molecule is O=S(=O)(O)C1CCNc2ccccc21. The van der Waals surface area contributed by atoms with Crippen LogP contribution in [-0.4, -0.2) is 19.5 Å². The summed E-state index contributed by atoms with van der Waals surface area (Å²) in [5.74, 6) is 0. The minimum absolute atomic E-state index is 0.413. The number of benzene rings is 1. The van der Waals surface area contributed by atoms with E-state index in [9.17, 15) is 8.42 Å². The first-order valence-corrected chi connectivity index (χ1v) is 5.88. The van der Waals surface area contributed by atoms with E-state index in [1.807, 2.05) is 12.1 Å². The third kappa shape index (κ3) is 1.60. The van der Waals surface area contributed by atoms with E-state index in [4.69, 9.17) is 4.55 Å². The van der Waals surface area contributed by atoms with Gasteiger partial charge in [-0.05, 0) is 18.1 Å². The Balaban J connectivity index is 2.51. The molecule has 1 atom stereocenters. The van der Waals surface area contributed by atoms with Gasteiger partial charge in [0.25, 0.3) is 10.1 Å². The van der Waals surface area contributed by atoms with Gasteiger partial charge in [-0.3, -0.25) is 4.55 Å². The van der Waals surface area contributed by atoms with Crippen molar-refractivity contribution < 1.29 is 13.0 Å². The Labute approximate surface area is 82.7 Å². The van der Waals surface area contributed by atoms with Crippen molar-refractivity contribution in [2.45, 2.75) is 11.7 Å². The van der Waals surface area contributed by atoms with Gasteiger partial charge in [-0.15, -0.1) is 0 Å². The number of rotatable bonds is 1. The molecular formula is C9H11NO3S. The standard InChI is InChI=1S/C9H11NO3S/c11-14(12,13)9-5-6-10-8-4-2-1-3-7(8)9/h1-4,9-10H,5-6H2,(H,11,12,13). The van der Waals surface area contributed by atoms with Crippen LogP contribution in [0.1, 0.15) is 17.2 Å². The zero-order valence-corrected chi connectivity index (χ0v) is 8.29. The monoisotopic (exact) mass is 213 g/mol. The summed E-state index contributed by atoms with van der Waals surface area (Å²) in [5, 5.41) is 2.31. The van der Waals surface area contributed by atoms with Crippen molar-refractivity contribution in [3.8, 4) is 0 Å². The van der Waals surface area contributed by atoms with E-state index in [0.29, 0.717) is 18.5 Å². The number of hydrogen-bond acceptors (Lipinski definition) is 3. The smallest absolute Gasteiger partial charge is 0.272 e. The third-order valence-corrected chi connectivity index (χ3v) is 3.60. The average molecular weight is 213 g/mol. The predicted molar refractivity (Wildman–Crippen MR) is 53.8 cm³/mol. The zero-order valence-electron chi connectivity index (χ0n) is 7.47. The molecule has 1 aromatic carbocycles. The first-order valence-electron chi connectivity index (χ1n) is 4.38. The van der Waals surface area contributed by atoms with Crippen LogP contribution in [-0.2, 0) is 10.1 Å². The Morgan fingerprint density at radius 2 is 2.07 bits per heavy atom. The van der Waals surface area contributed by atoms with Crippen LogP contribution in [0.15, 0.2) is 24.3 Å². The third-order valence-electron chi connectivity index (χ3n) is 2.39. The summed E-state index contributed by atoms with van der Waals surface area (Å²) in [7, 11) is -3.98. The van der Waals surface area contributed by atoms with Crippen LogP contribution in [0.5, 0.6) is 0 Å².